The number of ether oxygens (including phenoxy) is 1. The van der Waals surface area contributed by atoms with E-state index >= 15 is 0 Å². The van der Waals surface area contributed by atoms with Crippen molar-refractivity contribution in [2.75, 3.05) is 13.1 Å². The standard InChI is InChI=1S/C18H17ClF2N2O4S/c19-14-10-22-8-7-15(14)27-12-4-3-9-23(11-12)17(24)13-5-1-2-6-16(13)28(25,26)18(20)21/h1-2,5-8,10,12,18H,3-4,9,11H2. The maximum atomic E-state index is 13.0. The van der Waals surface area contributed by atoms with Gasteiger partial charge in [0.15, 0.2) is 0 Å². The molecule has 1 aromatic heterocycles. The lowest BCUT2D eigenvalue weighted by Crippen LogP contribution is -2.44. The largest absolute Gasteiger partial charge is 0.487 e. The zero-order chi connectivity index (χ0) is 20.3. The van der Waals surface area contributed by atoms with E-state index in [4.69, 9.17) is 16.3 Å². The van der Waals surface area contributed by atoms with Crippen LogP contribution in [0.2, 0.25) is 5.02 Å². The maximum Gasteiger partial charge on any atom is 0.341 e. The Labute approximate surface area is 166 Å². The van der Waals surface area contributed by atoms with Gasteiger partial charge in [-0.15, -0.1) is 0 Å². The summed E-state index contributed by atoms with van der Waals surface area (Å²) in [7, 11) is -4.90. The monoisotopic (exact) mass is 430 g/mol. The van der Waals surface area contributed by atoms with Crippen LogP contribution in [0.4, 0.5) is 8.78 Å². The zero-order valence-corrected chi connectivity index (χ0v) is 16.2. The van der Waals surface area contributed by atoms with Crippen LogP contribution < -0.4 is 4.74 Å². The Morgan fingerprint density at radius 2 is 2.04 bits per heavy atom. The number of carbonyl (C=O) groups is 1. The van der Waals surface area contributed by atoms with Crippen molar-refractivity contribution in [1.82, 2.24) is 9.88 Å². The second-order valence-electron chi connectivity index (χ2n) is 6.24. The van der Waals surface area contributed by atoms with Crippen LogP contribution in [0, 0.1) is 0 Å². The van der Waals surface area contributed by atoms with Crippen LogP contribution in [0.25, 0.3) is 0 Å². The number of halogens is 3. The molecule has 3 rings (SSSR count). The molecule has 1 unspecified atom stereocenters. The number of benzene rings is 1. The average Bonchev–Trinajstić information content (AvgIpc) is 2.69. The van der Waals surface area contributed by atoms with Gasteiger partial charge in [0.1, 0.15) is 16.9 Å². The number of hydrogen-bond donors (Lipinski definition) is 0. The van der Waals surface area contributed by atoms with Gasteiger partial charge in [0, 0.05) is 25.0 Å². The molecule has 1 fully saturated rings. The molecule has 6 nitrogen and oxygen atoms in total. The van der Waals surface area contributed by atoms with Gasteiger partial charge in [0.25, 0.3) is 5.91 Å². The van der Waals surface area contributed by atoms with Crippen LogP contribution in [-0.2, 0) is 9.84 Å². The van der Waals surface area contributed by atoms with Gasteiger partial charge < -0.3 is 9.64 Å². The molecule has 0 aliphatic carbocycles. The van der Waals surface area contributed by atoms with E-state index in [2.05, 4.69) is 4.98 Å². The zero-order valence-electron chi connectivity index (χ0n) is 14.6. The first-order valence-corrected chi connectivity index (χ1v) is 10.4. The summed E-state index contributed by atoms with van der Waals surface area (Å²) in [4.78, 5) is 17.5. The smallest absolute Gasteiger partial charge is 0.341 e. The van der Waals surface area contributed by atoms with E-state index in [1.807, 2.05) is 0 Å². The molecule has 1 aromatic carbocycles. The van der Waals surface area contributed by atoms with Crippen molar-refractivity contribution < 1.29 is 26.7 Å². The molecule has 1 atom stereocenters. The van der Waals surface area contributed by atoms with Crippen LogP contribution in [0.1, 0.15) is 23.2 Å². The molecule has 0 spiro atoms. The van der Waals surface area contributed by atoms with Gasteiger partial charge >= 0.3 is 5.76 Å². The molecular weight excluding hydrogens is 414 g/mol. The number of alkyl halides is 2. The molecule has 150 valence electrons. The molecule has 1 saturated heterocycles. The number of piperidine rings is 1. The second-order valence-corrected chi connectivity index (χ2v) is 8.53. The quantitative estimate of drug-likeness (QED) is 0.726. The Morgan fingerprint density at radius 3 is 2.75 bits per heavy atom. The summed E-state index contributed by atoms with van der Waals surface area (Å²) >= 11 is 6.03. The minimum absolute atomic E-state index is 0.181. The molecule has 1 amide bonds. The van der Waals surface area contributed by atoms with E-state index in [1.54, 1.807) is 6.07 Å². The first-order chi connectivity index (χ1) is 13.3. The maximum absolute atomic E-state index is 13.0. The van der Waals surface area contributed by atoms with Crippen molar-refractivity contribution >= 4 is 27.3 Å². The SMILES string of the molecule is O=C(c1ccccc1S(=O)(=O)C(F)F)N1CCCC(Oc2ccncc2Cl)C1. The Hall–Kier alpha value is -2.26. The molecule has 10 heteroatoms. The lowest BCUT2D eigenvalue weighted by molar-refractivity contribution is 0.0534. The van der Waals surface area contributed by atoms with Gasteiger partial charge in [0.2, 0.25) is 9.84 Å². The lowest BCUT2D eigenvalue weighted by atomic mass is 10.1. The number of rotatable bonds is 5. The highest BCUT2D eigenvalue weighted by Crippen LogP contribution is 2.27. The van der Waals surface area contributed by atoms with Crippen molar-refractivity contribution in [3.05, 3.63) is 53.3 Å². The summed E-state index contributed by atoms with van der Waals surface area (Å²) in [6, 6.07) is 6.60. The number of amides is 1. The Bertz CT molecular complexity index is 972. The Balaban J connectivity index is 1.81. The van der Waals surface area contributed by atoms with Crippen LogP contribution in [0.5, 0.6) is 5.75 Å². The predicted molar refractivity (Wildman–Crippen MR) is 98.4 cm³/mol. The molecule has 28 heavy (non-hydrogen) atoms. The summed E-state index contributed by atoms with van der Waals surface area (Å²) in [6.45, 7) is 0.548. The molecule has 1 aliphatic heterocycles. The fourth-order valence-electron chi connectivity index (χ4n) is 3.01. The van der Waals surface area contributed by atoms with Gasteiger partial charge in [-0.3, -0.25) is 9.78 Å². The van der Waals surface area contributed by atoms with Gasteiger partial charge in [-0.2, -0.15) is 8.78 Å². The molecule has 0 bridgehead atoms. The normalized spacial score (nSPS) is 17.6. The number of nitrogens with zero attached hydrogens (tertiary/aromatic N) is 2. The van der Waals surface area contributed by atoms with Crippen molar-refractivity contribution in [1.29, 1.82) is 0 Å². The molecular formula is C18H17ClF2N2O4S. The van der Waals surface area contributed by atoms with E-state index in [-0.39, 0.29) is 18.2 Å². The first kappa shape index (κ1) is 20.5. The fourth-order valence-corrected chi connectivity index (χ4v) is 4.10. The van der Waals surface area contributed by atoms with Crippen LogP contribution in [-0.4, -0.2) is 49.2 Å². The van der Waals surface area contributed by atoms with E-state index in [0.717, 1.165) is 6.07 Å². The van der Waals surface area contributed by atoms with Gasteiger partial charge in [0.05, 0.1) is 17.0 Å². The number of aromatic nitrogens is 1. The summed E-state index contributed by atoms with van der Waals surface area (Å²) in [5.41, 5.74) is -0.273. The summed E-state index contributed by atoms with van der Waals surface area (Å²) < 4.78 is 55.6. The van der Waals surface area contributed by atoms with Crippen molar-refractivity contribution in [2.45, 2.75) is 29.6 Å². The average molecular weight is 431 g/mol. The van der Waals surface area contributed by atoms with Crippen molar-refractivity contribution in [3.63, 3.8) is 0 Å². The molecule has 0 N–H and O–H groups in total. The summed E-state index contributed by atoms with van der Waals surface area (Å²) in [5, 5.41) is 0.333. The minimum Gasteiger partial charge on any atom is -0.487 e. The highest BCUT2D eigenvalue weighted by molar-refractivity contribution is 7.91. The number of pyridine rings is 1. The van der Waals surface area contributed by atoms with Gasteiger partial charge in [-0.1, -0.05) is 23.7 Å². The topological polar surface area (TPSA) is 76.6 Å². The third-order valence-corrected chi connectivity index (χ3v) is 6.07. The summed E-state index contributed by atoms with van der Waals surface area (Å²) in [6.07, 6.45) is 3.88. The van der Waals surface area contributed by atoms with Crippen LogP contribution in [0.15, 0.2) is 47.6 Å². The molecule has 2 heterocycles. The highest BCUT2D eigenvalue weighted by atomic mass is 35.5. The number of likely N-dealkylation sites (tertiary alicyclic amines) is 1. The first-order valence-electron chi connectivity index (χ1n) is 8.47. The van der Waals surface area contributed by atoms with Gasteiger partial charge in [-0.05, 0) is 25.0 Å². The van der Waals surface area contributed by atoms with E-state index in [9.17, 15) is 22.0 Å². The Kier molecular flexibility index (Phi) is 6.14. The van der Waals surface area contributed by atoms with Gasteiger partial charge in [-0.25, -0.2) is 8.42 Å². The van der Waals surface area contributed by atoms with Crippen LogP contribution in [0.3, 0.4) is 0 Å². The predicted octanol–water partition coefficient (Wildman–Crippen LogP) is 3.41. The van der Waals surface area contributed by atoms with E-state index < -0.39 is 26.4 Å². The molecule has 0 radical (unpaired) electrons. The third-order valence-electron chi connectivity index (χ3n) is 4.35. The van der Waals surface area contributed by atoms with Crippen molar-refractivity contribution in [2.24, 2.45) is 0 Å². The fraction of sp³-hybridized carbons (Fsp3) is 0.333. The van der Waals surface area contributed by atoms with Crippen molar-refractivity contribution in [3.8, 4) is 5.75 Å². The molecule has 2 aromatic rings. The number of carbonyl (C=O) groups excluding carboxylic acids is 1. The Morgan fingerprint density at radius 1 is 1.29 bits per heavy atom. The van der Waals surface area contributed by atoms with Crippen LogP contribution >= 0.6 is 11.6 Å². The number of sulfone groups is 1. The number of hydrogen-bond acceptors (Lipinski definition) is 5. The third kappa shape index (κ3) is 4.25. The molecule has 1 aliphatic rings. The second kappa shape index (κ2) is 8.40. The van der Waals surface area contributed by atoms with E-state index in [1.165, 1.54) is 35.5 Å². The minimum atomic E-state index is -4.90. The molecule has 0 saturated carbocycles. The lowest BCUT2D eigenvalue weighted by Gasteiger charge is -2.33. The van der Waals surface area contributed by atoms with E-state index in [0.29, 0.717) is 30.2 Å². The highest BCUT2D eigenvalue weighted by Gasteiger charge is 2.33. The summed E-state index contributed by atoms with van der Waals surface area (Å²) in [5.74, 6) is -3.81.